The highest BCUT2D eigenvalue weighted by molar-refractivity contribution is 7.10. The van der Waals surface area contributed by atoms with E-state index in [1.165, 1.54) is 23.5 Å². The first-order valence-corrected chi connectivity index (χ1v) is 6.87. The Balaban J connectivity index is 1.96. The number of halogens is 3. The zero-order valence-corrected chi connectivity index (χ0v) is 11.0. The van der Waals surface area contributed by atoms with Gasteiger partial charge in [-0.25, -0.2) is 0 Å². The minimum Gasteiger partial charge on any atom is -0.325 e. The summed E-state index contributed by atoms with van der Waals surface area (Å²) in [6, 6.07) is 6.85. The topological polar surface area (TPSA) is 29.1 Å². The van der Waals surface area contributed by atoms with E-state index in [1.54, 1.807) is 0 Å². The number of rotatable bonds is 1. The lowest BCUT2D eigenvalue weighted by molar-refractivity contribution is -0.137. The van der Waals surface area contributed by atoms with E-state index in [2.05, 4.69) is 5.32 Å². The van der Waals surface area contributed by atoms with E-state index in [9.17, 15) is 18.0 Å². The molecule has 20 heavy (non-hydrogen) atoms. The normalized spacial score (nSPS) is 18.6. The SMILES string of the molecule is O=C1C[C@@H](c2ccc(C(F)(F)F)cc2)c2sccc2N1. The van der Waals surface area contributed by atoms with E-state index in [1.807, 2.05) is 11.4 Å². The molecule has 6 heteroatoms. The molecule has 0 spiro atoms. The predicted octanol–water partition coefficient (Wildman–Crippen LogP) is 4.24. The Morgan fingerprint density at radius 3 is 2.50 bits per heavy atom. The lowest BCUT2D eigenvalue weighted by atomic mass is 9.90. The first-order valence-electron chi connectivity index (χ1n) is 5.99. The van der Waals surface area contributed by atoms with Gasteiger partial charge in [0.2, 0.25) is 5.91 Å². The monoisotopic (exact) mass is 297 g/mol. The zero-order chi connectivity index (χ0) is 14.3. The largest absolute Gasteiger partial charge is 0.416 e. The quantitative estimate of drug-likeness (QED) is 0.838. The van der Waals surface area contributed by atoms with Crippen LogP contribution in [0.5, 0.6) is 0 Å². The average Bonchev–Trinajstić information content (AvgIpc) is 2.85. The van der Waals surface area contributed by atoms with Crippen molar-refractivity contribution in [3.63, 3.8) is 0 Å². The minimum absolute atomic E-state index is 0.110. The van der Waals surface area contributed by atoms with Gasteiger partial charge in [-0.05, 0) is 29.1 Å². The molecule has 0 aliphatic carbocycles. The molecule has 1 aliphatic rings. The molecule has 1 aromatic heterocycles. The summed E-state index contributed by atoms with van der Waals surface area (Å²) in [4.78, 5) is 12.6. The van der Waals surface area contributed by atoms with Gasteiger partial charge in [0.1, 0.15) is 0 Å². The van der Waals surface area contributed by atoms with E-state index in [0.717, 1.165) is 28.3 Å². The molecule has 2 aromatic rings. The van der Waals surface area contributed by atoms with Crippen molar-refractivity contribution in [2.75, 3.05) is 5.32 Å². The molecule has 0 saturated carbocycles. The van der Waals surface area contributed by atoms with Crippen molar-refractivity contribution in [3.8, 4) is 0 Å². The lowest BCUT2D eigenvalue weighted by Crippen LogP contribution is -2.22. The van der Waals surface area contributed by atoms with Gasteiger partial charge in [0.05, 0.1) is 11.3 Å². The molecule has 0 bridgehead atoms. The van der Waals surface area contributed by atoms with Crippen molar-refractivity contribution in [2.45, 2.75) is 18.5 Å². The summed E-state index contributed by atoms with van der Waals surface area (Å²) < 4.78 is 37.7. The number of nitrogens with one attached hydrogen (secondary N) is 1. The third-order valence-electron chi connectivity index (χ3n) is 3.32. The summed E-state index contributed by atoms with van der Waals surface area (Å²) in [5.41, 5.74) is 0.820. The smallest absolute Gasteiger partial charge is 0.325 e. The number of amides is 1. The molecule has 2 heterocycles. The molecule has 1 atom stereocenters. The Hall–Kier alpha value is -1.82. The van der Waals surface area contributed by atoms with Gasteiger partial charge in [-0.3, -0.25) is 4.79 Å². The standard InChI is InChI=1S/C14H10F3NOS/c15-14(16,17)9-3-1-8(2-4-9)10-7-12(19)18-11-5-6-20-13(10)11/h1-6,10H,7H2,(H,18,19)/t10-/m0/s1. The first kappa shape index (κ1) is 13.2. The van der Waals surface area contributed by atoms with Crippen molar-refractivity contribution < 1.29 is 18.0 Å². The first-order chi connectivity index (χ1) is 9.45. The fourth-order valence-electron chi connectivity index (χ4n) is 2.35. The number of benzene rings is 1. The van der Waals surface area contributed by atoms with Crippen LogP contribution in [0, 0.1) is 0 Å². The van der Waals surface area contributed by atoms with Crippen molar-refractivity contribution in [3.05, 3.63) is 51.7 Å². The summed E-state index contributed by atoms with van der Waals surface area (Å²) >= 11 is 1.50. The summed E-state index contributed by atoms with van der Waals surface area (Å²) in [5.74, 6) is -0.276. The maximum absolute atomic E-state index is 12.6. The highest BCUT2D eigenvalue weighted by Gasteiger charge is 2.31. The van der Waals surface area contributed by atoms with Crippen LogP contribution < -0.4 is 5.32 Å². The van der Waals surface area contributed by atoms with Crippen LogP contribution in [0.3, 0.4) is 0 Å². The summed E-state index contributed by atoms with van der Waals surface area (Å²) in [6.07, 6.45) is -4.07. The van der Waals surface area contributed by atoms with E-state index >= 15 is 0 Å². The molecular weight excluding hydrogens is 287 g/mol. The molecule has 3 rings (SSSR count). The van der Waals surface area contributed by atoms with Crippen LogP contribution in [0.15, 0.2) is 35.7 Å². The fraction of sp³-hybridized carbons (Fsp3) is 0.214. The third-order valence-corrected chi connectivity index (χ3v) is 4.35. The number of hydrogen-bond acceptors (Lipinski definition) is 2. The van der Waals surface area contributed by atoms with Gasteiger partial charge in [-0.15, -0.1) is 11.3 Å². The van der Waals surface area contributed by atoms with Gasteiger partial charge in [-0.1, -0.05) is 12.1 Å². The van der Waals surface area contributed by atoms with Crippen LogP contribution in [0.4, 0.5) is 18.9 Å². The van der Waals surface area contributed by atoms with Crippen LogP contribution in [0.25, 0.3) is 0 Å². The maximum atomic E-state index is 12.6. The zero-order valence-electron chi connectivity index (χ0n) is 10.2. The molecule has 0 unspecified atom stereocenters. The van der Waals surface area contributed by atoms with Gasteiger partial charge in [0.15, 0.2) is 0 Å². The summed E-state index contributed by atoms with van der Waals surface area (Å²) in [6.45, 7) is 0. The summed E-state index contributed by atoms with van der Waals surface area (Å²) in [7, 11) is 0. The number of anilines is 1. The molecule has 1 aliphatic heterocycles. The molecule has 1 N–H and O–H groups in total. The summed E-state index contributed by atoms with van der Waals surface area (Å²) in [5, 5.41) is 4.64. The van der Waals surface area contributed by atoms with E-state index < -0.39 is 11.7 Å². The molecule has 0 fully saturated rings. The van der Waals surface area contributed by atoms with Crippen LogP contribution in [-0.2, 0) is 11.0 Å². The van der Waals surface area contributed by atoms with Crippen LogP contribution in [0.2, 0.25) is 0 Å². The van der Waals surface area contributed by atoms with Gasteiger partial charge in [0, 0.05) is 17.2 Å². The highest BCUT2D eigenvalue weighted by atomic mass is 32.1. The van der Waals surface area contributed by atoms with Gasteiger partial charge in [0.25, 0.3) is 0 Å². The molecule has 1 aromatic carbocycles. The molecular formula is C14H10F3NOS. The van der Waals surface area contributed by atoms with E-state index in [4.69, 9.17) is 0 Å². The van der Waals surface area contributed by atoms with Crippen molar-refractivity contribution in [2.24, 2.45) is 0 Å². The number of fused-ring (bicyclic) bond motifs is 1. The van der Waals surface area contributed by atoms with Crippen molar-refractivity contribution >= 4 is 22.9 Å². The van der Waals surface area contributed by atoms with Crippen LogP contribution in [-0.4, -0.2) is 5.91 Å². The lowest BCUT2D eigenvalue weighted by Gasteiger charge is -2.23. The highest BCUT2D eigenvalue weighted by Crippen LogP contribution is 2.41. The minimum atomic E-state index is -4.34. The second-order valence-corrected chi connectivity index (χ2v) is 5.57. The second-order valence-electron chi connectivity index (χ2n) is 4.62. The number of hydrogen-bond donors (Lipinski definition) is 1. The maximum Gasteiger partial charge on any atom is 0.416 e. The van der Waals surface area contributed by atoms with E-state index in [-0.39, 0.29) is 18.2 Å². The molecule has 0 radical (unpaired) electrons. The fourth-order valence-corrected chi connectivity index (χ4v) is 3.33. The Labute approximate surface area is 117 Å². The number of alkyl halides is 3. The van der Waals surface area contributed by atoms with Gasteiger partial charge in [-0.2, -0.15) is 13.2 Å². The predicted molar refractivity (Wildman–Crippen MR) is 70.9 cm³/mol. The van der Waals surface area contributed by atoms with Crippen LogP contribution in [0.1, 0.15) is 28.3 Å². The second kappa shape index (κ2) is 4.63. The number of carbonyl (C=O) groups excluding carboxylic acids is 1. The Kier molecular flexibility index (Phi) is 3.05. The van der Waals surface area contributed by atoms with E-state index in [0.29, 0.717) is 0 Å². The number of thiophene rings is 1. The molecule has 2 nitrogen and oxygen atoms in total. The molecule has 0 saturated heterocycles. The van der Waals surface area contributed by atoms with Gasteiger partial charge >= 0.3 is 6.18 Å². The average molecular weight is 297 g/mol. The third kappa shape index (κ3) is 2.31. The van der Waals surface area contributed by atoms with Gasteiger partial charge < -0.3 is 5.32 Å². The Morgan fingerprint density at radius 1 is 1.15 bits per heavy atom. The van der Waals surface area contributed by atoms with Crippen LogP contribution >= 0.6 is 11.3 Å². The van der Waals surface area contributed by atoms with Crippen molar-refractivity contribution in [1.29, 1.82) is 0 Å². The van der Waals surface area contributed by atoms with Crippen molar-refractivity contribution in [1.82, 2.24) is 0 Å². The Morgan fingerprint density at radius 2 is 1.85 bits per heavy atom. The Bertz CT molecular complexity index is 645. The molecule has 1 amide bonds. The molecule has 104 valence electrons. The number of carbonyl (C=O) groups is 1.